The number of hydrogen-bond donors (Lipinski definition) is 1. The molecule has 12 heavy (non-hydrogen) atoms. The van der Waals surface area contributed by atoms with Gasteiger partial charge in [0.2, 0.25) is 0 Å². The van der Waals surface area contributed by atoms with Crippen molar-refractivity contribution in [2.45, 2.75) is 11.8 Å². The number of aryl methyl sites for hydroxylation is 1. The van der Waals surface area contributed by atoms with Crippen molar-refractivity contribution >= 4 is 33.4 Å². The first kappa shape index (κ1) is 9.43. The van der Waals surface area contributed by atoms with Crippen LogP contribution < -0.4 is 5.73 Å². The van der Waals surface area contributed by atoms with Crippen LogP contribution in [0.5, 0.6) is 0 Å². The quantitative estimate of drug-likeness (QED) is 0.468. The van der Waals surface area contributed by atoms with Crippen molar-refractivity contribution in [3.8, 4) is 5.40 Å². The smallest absolute Gasteiger partial charge is 0.138 e. The topological polar surface area (TPSA) is 49.8 Å². The number of anilines is 1. The van der Waals surface area contributed by atoms with Crippen molar-refractivity contribution < 1.29 is 0 Å². The summed E-state index contributed by atoms with van der Waals surface area (Å²) in [4.78, 5) is 0.810. The van der Waals surface area contributed by atoms with Gasteiger partial charge in [0, 0.05) is 15.1 Å². The number of benzene rings is 1. The third kappa shape index (κ3) is 1.93. The summed E-state index contributed by atoms with van der Waals surface area (Å²) in [6, 6.07) is 3.77. The van der Waals surface area contributed by atoms with Crippen LogP contribution in [0.25, 0.3) is 0 Å². The number of thiocyanates is 1. The first-order valence-electron chi connectivity index (χ1n) is 3.26. The fourth-order valence-electron chi connectivity index (χ4n) is 0.857. The molecular weight excluding hydrogens is 236 g/mol. The Bertz CT molecular complexity index is 344. The van der Waals surface area contributed by atoms with Gasteiger partial charge in [-0.05, 0) is 36.4 Å². The molecule has 0 atom stereocenters. The van der Waals surface area contributed by atoms with Gasteiger partial charge in [-0.2, -0.15) is 5.26 Å². The number of thioether (sulfide) groups is 1. The molecule has 0 aromatic heterocycles. The van der Waals surface area contributed by atoms with Gasteiger partial charge in [-0.15, -0.1) is 0 Å². The van der Waals surface area contributed by atoms with Gasteiger partial charge in [0.1, 0.15) is 5.40 Å². The Hall–Kier alpha value is -0.660. The number of nitriles is 1. The molecule has 0 heterocycles. The number of hydrogen-bond acceptors (Lipinski definition) is 3. The summed E-state index contributed by atoms with van der Waals surface area (Å²) in [5.74, 6) is 0. The number of halogens is 1. The Morgan fingerprint density at radius 2 is 2.25 bits per heavy atom. The largest absolute Gasteiger partial charge is 0.398 e. The first-order valence-corrected chi connectivity index (χ1v) is 4.87. The van der Waals surface area contributed by atoms with Crippen LogP contribution in [-0.2, 0) is 0 Å². The van der Waals surface area contributed by atoms with E-state index < -0.39 is 0 Å². The molecule has 0 saturated carbocycles. The SMILES string of the molecule is Cc1cc(Br)cc(SC#N)c1N. The summed E-state index contributed by atoms with van der Waals surface area (Å²) in [6.45, 7) is 1.92. The fraction of sp³-hybridized carbons (Fsp3) is 0.125. The molecule has 62 valence electrons. The number of rotatable bonds is 1. The van der Waals surface area contributed by atoms with Crippen molar-refractivity contribution in [1.82, 2.24) is 0 Å². The van der Waals surface area contributed by atoms with E-state index in [1.807, 2.05) is 24.5 Å². The lowest BCUT2D eigenvalue weighted by Crippen LogP contribution is -1.91. The monoisotopic (exact) mass is 242 g/mol. The molecule has 0 aliphatic carbocycles. The van der Waals surface area contributed by atoms with E-state index in [4.69, 9.17) is 11.0 Å². The van der Waals surface area contributed by atoms with Crippen LogP contribution >= 0.6 is 27.7 Å². The number of nitrogens with two attached hydrogens (primary N) is 1. The second-order valence-electron chi connectivity index (χ2n) is 2.33. The molecule has 0 bridgehead atoms. The highest BCUT2D eigenvalue weighted by Crippen LogP contribution is 2.30. The Kier molecular flexibility index (Phi) is 3.01. The summed E-state index contributed by atoms with van der Waals surface area (Å²) in [5, 5.41) is 10.5. The second-order valence-corrected chi connectivity index (χ2v) is 4.07. The van der Waals surface area contributed by atoms with Crippen LogP contribution in [0.1, 0.15) is 5.56 Å². The standard InChI is InChI=1S/C8H7BrN2S/c1-5-2-6(9)3-7(8(5)11)12-4-10/h2-3H,11H2,1H3. The lowest BCUT2D eigenvalue weighted by Gasteiger charge is -2.04. The predicted octanol–water partition coefficient (Wildman–Crippen LogP) is 2.91. The van der Waals surface area contributed by atoms with Crippen LogP contribution in [0.3, 0.4) is 0 Å². The highest BCUT2D eigenvalue weighted by molar-refractivity contribution is 9.10. The lowest BCUT2D eigenvalue weighted by molar-refractivity contribution is 1.35. The fourth-order valence-corrected chi connectivity index (χ4v) is 2.14. The molecule has 1 rings (SSSR count). The molecule has 0 radical (unpaired) electrons. The van der Waals surface area contributed by atoms with Crippen molar-refractivity contribution in [3.05, 3.63) is 22.2 Å². The molecule has 2 N–H and O–H groups in total. The zero-order valence-electron chi connectivity index (χ0n) is 6.47. The van der Waals surface area contributed by atoms with E-state index >= 15 is 0 Å². The molecule has 0 unspecified atom stereocenters. The Morgan fingerprint density at radius 3 is 2.83 bits per heavy atom. The molecule has 0 aliphatic rings. The summed E-state index contributed by atoms with van der Waals surface area (Å²) < 4.78 is 0.951. The average molecular weight is 243 g/mol. The molecule has 2 nitrogen and oxygen atoms in total. The maximum atomic E-state index is 8.47. The molecule has 0 fully saturated rings. The zero-order chi connectivity index (χ0) is 9.14. The molecule has 0 amide bonds. The van der Waals surface area contributed by atoms with Crippen molar-refractivity contribution in [2.75, 3.05) is 5.73 Å². The van der Waals surface area contributed by atoms with Gasteiger partial charge in [0.05, 0.1) is 0 Å². The molecule has 0 spiro atoms. The van der Waals surface area contributed by atoms with Crippen LogP contribution in [0.2, 0.25) is 0 Å². The summed E-state index contributed by atoms with van der Waals surface area (Å²) >= 11 is 4.42. The van der Waals surface area contributed by atoms with Gasteiger partial charge in [-0.25, -0.2) is 0 Å². The van der Waals surface area contributed by atoms with Crippen molar-refractivity contribution in [3.63, 3.8) is 0 Å². The molecular formula is C8H7BrN2S. The molecule has 1 aromatic carbocycles. The van der Waals surface area contributed by atoms with Gasteiger partial charge in [-0.1, -0.05) is 15.9 Å². The predicted molar refractivity (Wildman–Crippen MR) is 54.8 cm³/mol. The van der Waals surface area contributed by atoms with Gasteiger partial charge < -0.3 is 5.73 Å². The second kappa shape index (κ2) is 3.83. The van der Waals surface area contributed by atoms with E-state index in [0.29, 0.717) is 5.69 Å². The van der Waals surface area contributed by atoms with Crippen molar-refractivity contribution in [2.24, 2.45) is 0 Å². The van der Waals surface area contributed by atoms with E-state index in [1.54, 1.807) is 0 Å². The van der Waals surface area contributed by atoms with Crippen LogP contribution in [0.4, 0.5) is 5.69 Å². The Balaban J connectivity index is 3.20. The van der Waals surface area contributed by atoms with Gasteiger partial charge >= 0.3 is 0 Å². The minimum Gasteiger partial charge on any atom is -0.398 e. The minimum atomic E-state index is 0.685. The van der Waals surface area contributed by atoms with Crippen molar-refractivity contribution in [1.29, 1.82) is 5.26 Å². The zero-order valence-corrected chi connectivity index (χ0v) is 8.87. The van der Waals surface area contributed by atoms with E-state index in [0.717, 1.165) is 26.7 Å². The maximum absolute atomic E-state index is 8.47. The summed E-state index contributed by atoms with van der Waals surface area (Å²) in [6.07, 6.45) is 0. The Labute approximate surface area is 83.9 Å². The summed E-state index contributed by atoms with van der Waals surface area (Å²) in [5.41, 5.74) is 7.42. The number of nitrogens with zero attached hydrogens (tertiary/aromatic N) is 1. The third-order valence-electron chi connectivity index (χ3n) is 1.47. The highest BCUT2D eigenvalue weighted by Gasteiger charge is 2.03. The number of nitrogen functional groups attached to an aromatic ring is 1. The van der Waals surface area contributed by atoms with Crippen LogP contribution in [-0.4, -0.2) is 0 Å². The third-order valence-corrected chi connectivity index (χ3v) is 2.58. The van der Waals surface area contributed by atoms with Gasteiger partial charge in [0.25, 0.3) is 0 Å². The molecule has 4 heteroatoms. The molecule has 0 saturated heterocycles. The molecule has 1 aromatic rings. The van der Waals surface area contributed by atoms with Gasteiger partial charge in [0.15, 0.2) is 0 Å². The van der Waals surface area contributed by atoms with E-state index in [2.05, 4.69) is 15.9 Å². The Morgan fingerprint density at radius 1 is 1.58 bits per heavy atom. The van der Waals surface area contributed by atoms with E-state index in [1.165, 1.54) is 0 Å². The average Bonchev–Trinajstić information content (AvgIpc) is 2.00. The van der Waals surface area contributed by atoms with Crippen LogP contribution in [0.15, 0.2) is 21.5 Å². The lowest BCUT2D eigenvalue weighted by atomic mass is 10.2. The normalized spacial score (nSPS) is 9.42. The first-order chi connectivity index (χ1) is 5.65. The van der Waals surface area contributed by atoms with Gasteiger partial charge in [-0.3, -0.25) is 0 Å². The molecule has 0 aliphatic heterocycles. The van der Waals surface area contributed by atoms with Crippen LogP contribution in [0, 0.1) is 17.6 Å². The van der Waals surface area contributed by atoms with E-state index in [9.17, 15) is 0 Å². The maximum Gasteiger partial charge on any atom is 0.138 e. The highest BCUT2D eigenvalue weighted by atomic mass is 79.9. The summed E-state index contributed by atoms with van der Waals surface area (Å²) in [7, 11) is 0. The van der Waals surface area contributed by atoms with E-state index in [-0.39, 0.29) is 0 Å². The minimum absolute atomic E-state index is 0.685.